The highest BCUT2D eigenvalue weighted by Gasteiger charge is 2.19. The lowest BCUT2D eigenvalue weighted by molar-refractivity contribution is -0.120. The second-order valence-corrected chi connectivity index (χ2v) is 5.86. The summed E-state index contributed by atoms with van der Waals surface area (Å²) in [7, 11) is 1.78. The fourth-order valence-electron chi connectivity index (χ4n) is 2.65. The summed E-state index contributed by atoms with van der Waals surface area (Å²) in [5.41, 5.74) is 0. The Morgan fingerprint density at radius 2 is 1.86 bits per heavy atom. The third-order valence-corrected chi connectivity index (χ3v) is 3.91. The van der Waals surface area contributed by atoms with Crippen LogP contribution in [-0.2, 0) is 4.79 Å². The molecule has 0 spiro atoms. The van der Waals surface area contributed by atoms with Crippen LogP contribution >= 0.6 is 0 Å². The maximum absolute atomic E-state index is 11.5. The van der Waals surface area contributed by atoms with E-state index >= 15 is 0 Å². The van der Waals surface area contributed by atoms with Crippen molar-refractivity contribution in [2.45, 2.75) is 52.0 Å². The molecule has 3 N–H and O–H groups in total. The first kappa shape index (κ1) is 18.7. The van der Waals surface area contributed by atoms with E-state index in [4.69, 9.17) is 0 Å². The zero-order valence-electron chi connectivity index (χ0n) is 14.5. The smallest absolute Gasteiger partial charge is 0.221 e. The summed E-state index contributed by atoms with van der Waals surface area (Å²) in [5.74, 6) is 0.898. The van der Waals surface area contributed by atoms with Gasteiger partial charge in [-0.25, -0.2) is 0 Å². The van der Waals surface area contributed by atoms with E-state index in [0.29, 0.717) is 19.0 Å². The van der Waals surface area contributed by atoms with Crippen molar-refractivity contribution in [2.24, 2.45) is 4.99 Å². The second kappa shape index (κ2) is 11.3. The van der Waals surface area contributed by atoms with E-state index in [9.17, 15) is 4.79 Å². The van der Waals surface area contributed by atoms with E-state index in [1.165, 1.54) is 13.0 Å². The monoisotopic (exact) mass is 311 g/mol. The summed E-state index contributed by atoms with van der Waals surface area (Å²) in [6, 6.07) is 0.480. The highest BCUT2D eigenvalue weighted by molar-refractivity contribution is 5.81. The first-order valence-corrected chi connectivity index (χ1v) is 8.65. The Balaban J connectivity index is 2.19. The van der Waals surface area contributed by atoms with Crippen LogP contribution in [0.25, 0.3) is 0 Å². The Morgan fingerprint density at radius 1 is 1.14 bits per heavy atom. The van der Waals surface area contributed by atoms with Crippen LogP contribution in [0.3, 0.4) is 0 Å². The SMILES string of the molecule is CCCNC(=O)CCNC(=NC)NC1CCN(CCC)CC1. The van der Waals surface area contributed by atoms with Gasteiger partial charge in [-0.05, 0) is 32.2 Å². The molecule has 22 heavy (non-hydrogen) atoms. The molecule has 0 unspecified atom stereocenters. The minimum Gasteiger partial charge on any atom is -0.356 e. The number of hydrogen-bond donors (Lipinski definition) is 3. The van der Waals surface area contributed by atoms with E-state index < -0.39 is 0 Å². The lowest BCUT2D eigenvalue weighted by atomic mass is 10.1. The van der Waals surface area contributed by atoms with Crippen LogP contribution in [-0.4, -0.2) is 62.6 Å². The summed E-state index contributed by atoms with van der Waals surface area (Å²) in [6.07, 6.45) is 4.98. The summed E-state index contributed by atoms with van der Waals surface area (Å²) in [6.45, 7) is 9.16. The molecule has 0 radical (unpaired) electrons. The van der Waals surface area contributed by atoms with Gasteiger partial charge in [-0.15, -0.1) is 0 Å². The Kier molecular flexibility index (Phi) is 9.62. The minimum absolute atomic E-state index is 0.0951. The van der Waals surface area contributed by atoms with Crippen molar-refractivity contribution in [1.82, 2.24) is 20.9 Å². The predicted octanol–water partition coefficient (Wildman–Crippen LogP) is 0.942. The number of amides is 1. The first-order chi connectivity index (χ1) is 10.7. The van der Waals surface area contributed by atoms with Gasteiger partial charge >= 0.3 is 0 Å². The normalized spacial score (nSPS) is 17.3. The van der Waals surface area contributed by atoms with E-state index in [2.05, 4.69) is 39.7 Å². The molecule has 1 aliphatic heterocycles. The molecule has 0 bridgehead atoms. The maximum Gasteiger partial charge on any atom is 0.221 e. The number of nitrogens with zero attached hydrogens (tertiary/aromatic N) is 2. The molecule has 0 aromatic carbocycles. The number of piperidine rings is 1. The lowest BCUT2D eigenvalue weighted by Crippen LogP contribution is -2.49. The third-order valence-electron chi connectivity index (χ3n) is 3.91. The Hall–Kier alpha value is -1.30. The van der Waals surface area contributed by atoms with Crippen molar-refractivity contribution in [1.29, 1.82) is 0 Å². The van der Waals surface area contributed by atoms with E-state index in [1.54, 1.807) is 7.05 Å². The Labute approximate surface area is 135 Å². The molecule has 1 aliphatic rings. The Bertz CT molecular complexity index is 337. The highest BCUT2D eigenvalue weighted by atomic mass is 16.1. The molecule has 0 aromatic rings. The van der Waals surface area contributed by atoms with Gasteiger partial charge in [-0.3, -0.25) is 9.79 Å². The lowest BCUT2D eigenvalue weighted by Gasteiger charge is -2.32. The third kappa shape index (κ3) is 7.64. The molecule has 0 aromatic heterocycles. The van der Waals surface area contributed by atoms with Gasteiger partial charge in [0.25, 0.3) is 0 Å². The fourth-order valence-corrected chi connectivity index (χ4v) is 2.65. The van der Waals surface area contributed by atoms with Crippen LogP contribution in [0.1, 0.15) is 46.0 Å². The number of likely N-dealkylation sites (tertiary alicyclic amines) is 1. The zero-order valence-corrected chi connectivity index (χ0v) is 14.5. The standard InChI is InChI=1S/C16H33N5O/c1-4-9-18-15(22)6-10-19-16(17-3)20-14-7-12-21(11-5-2)13-8-14/h14H,4-13H2,1-3H3,(H,18,22)(H2,17,19,20). The largest absolute Gasteiger partial charge is 0.356 e. The number of hydrogen-bond acceptors (Lipinski definition) is 3. The van der Waals surface area contributed by atoms with Gasteiger partial charge in [0.2, 0.25) is 5.91 Å². The number of carbonyl (C=O) groups is 1. The number of nitrogens with one attached hydrogen (secondary N) is 3. The van der Waals surface area contributed by atoms with Crippen LogP contribution in [0.5, 0.6) is 0 Å². The molecular formula is C16H33N5O. The first-order valence-electron chi connectivity index (χ1n) is 8.65. The topological polar surface area (TPSA) is 68.8 Å². The Morgan fingerprint density at radius 3 is 2.45 bits per heavy atom. The van der Waals surface area contributed by atoms with Crippen LogP contribution in [0.15, 0.2) is 4.99 Å². The van der Waals surface area contributed by atoms with Crippen molar-refractivity contribution in [3.63, 3.8) is 0 Å². The van der Waals surface area contributed by atoms with Crippen molar-refractivity contribution < 1.29 is 4.79 Å². The van der Waals surface area contributed by atoms with Crippen LogP contribution in [0.4, 0.5) is 0 Å². The fraction of sp³-hybridized carbons (Fsp3) is 0.875. The molecule has 0 atom stereocenters. The van der Waals surface area contributed by atoms with E-state index in [1.807, 2.05) is 0 Å². The molecule has 6 heteroatoms. The molecule has 0 aliphatic carbocycles. The zero-order chi connectivity index (χ0) is 16.2. The average molecular weight is 311 g/mol. The van der Waals surface area contributed by atoms with Crippen molar-refractivity contribution in [3.8, 4) is 0 Å². The van der Waals surface area contributed by atoms with Crippen LogP contribution < -0.4 is 16.0 Å². The maximum atomic E-state index is 11.5. The molecule has 1 amide bonds. The number of aliphatic imine (C=N–C) groups is 1. The molecule has 6 nitrogen and oxygen atoms in total. The second-order valence-electron chi connectivity index (χ2n) is 5.86. The molecule has 0 saturated carbocycles. The van der Waals surface area contributed by atoms with Gasteiger partial charge in [0.1, 0.15) is 0 Å². The predicted molar refractivity (Wildman–Crippen MR) is 92.2 cm³/mol. The molecular weight excluding hydrogens is 278 g/mol. The molecule has 1 saturated heterocycles. The van der Waals surface area contributed by atoms with Crippen molar-refractivity contribution in [3.05, 3.63) is 0 Å². The summed E-state index contributed by atoms with van der Waals surface area (Å²) in [4.78, 5) is 18.3. The average Bonchev–Trinajstić information content (AvgIpc) is 2.54. The molecule has 1 fully saturated rings. The van der Waals surface area contributed by atoms with Gasteiger partial charge in [-0.2, -0.15) is 0 Å². The minimum atomic E-state index is 0.0951. The quantitative estimate of drug-likeness (QED) is 0.461. The van der Waals surface area contributed by atoms with Gasteiger partial charge in [-0.1, -0.05) is 13.8 Å². The molecule has 128 valence electrons. The van der Waals surface area contributed by atoms with Crippen molar-refractivity contribution in [2.75, 3.05) is 39.8 Å². The van der Waals surface area contributed by atoms with Crippen LogP contribution in [0, 0.1) is 0 Å². The molecule has 1 heterocycles. The summed E-state index contributed by atoms with van der Waals surface area (Å²) < 4.78 is 0. The summed E-state index contributed by atoms with van der Waals surface area (Å²) in [5, 5.41) is 9.57. The van der Waals surface area contributed by atoms with E-state index in [0.717, 1.165) is 44.9 Å². The van der Waals surface area contributed by atoms with Gasteiger partial charge in [0.05, 0.1) is 0 Å². The van der Waals surface area contributed by atoms with Gasteiger partial charge < -0.3 is 20.9 Å². The number of carbonyl (C=O) groups excluding carboxylic acids is 1. The highest BCUT2D eigenvalue weighted by Crippen LogP contribution is 2.10. The van der Waals surface area contributed by atoms with Gasteiger partial charge in [0, 0.05) is 45.7 Å². The van der Waals surface area contributed by atoms with Gasteiger partial charge in [0.15, 0.2) is 5.96 Å². The van der Waals surface area contributed by atoms with Crippen LogP contribution in [0.2, 0.25) is 0 Å². The number of rotatable bonds is 8. The van der Waals surface area contributed by atoms with E-state index in [-0.39, 0.29) is 5.91 Å². The summed E-state index contributed by atoms with van der Waals surface area (Å²) >= 11 is 0. The number of guanidine groups is 1. The van der Waals surface area contributed by atoms with Crippen molar-refractivity contribution >= 4 is 11.9 Å². The molecule has 1 rings (SSSR count).